The normalized spacial score (nSPS) is 25.7. The van der Waals surface area contributed by atoms with Crippen molar-refractivity contribution in [2.75, 3.05) is 13.2 Å². The molecule has 0 aromatic heterocycles. The third-order valence-corrected chi connectivity index (χ3v) is 14.1. The predicted molar refractivity (Wildman–Crippen MR) is 261 cm³/mol. The Balaban J connectivity index is -0.000000594. The first-order valence-corrected chi connectivity index (χ1v) is 25.5. The third-order valence-electron chi connectivity index (χ3n) is 14.1. The topological polar surface area (TPSA) is 9.23 Å². The minimum absolute atomic E-state index is 0.455. The number of rotatable bonds is 0. The van der Waals surface area contributed by atoms with Gasteiger partial charge >= 0.3 is 0 Å². The summed E-state index contributed by atoms with van der Waals surface area (Å²) >= 11 is 0. The molecule has 7 fully saturated rings. The van der Waals surface area contributed by atoms with Gasteiger partial charge in [0.2, 0.25) is 0 Å². The standard InChI is InChI=1S/2C10H18.C9H18.C8H16O.C8H16.5C2H6/c1-10(2,3)9-5-7-4-8(7)6-9;1-9(2,3)8-6-10(7-8)4-5-10;1-9(2,3)8-6-4-5-7-8;1-8(2,3)7-4-5-9-6-7;1-8(2,3)7-5-4-6-7;5*1-2/h7-9H,4-6H2,1-3H3;8H,4-7H2,1-3H3;8H,4-7H2,1-3H3;7H,4-6H2,1-3H3;7H,4-6H2,1-3H3;5*1-2H3. The van der Waals surface area contributed by atoms with Gasteiger partial charge in [-0.2, -0.15) is 0 Å². The lowest BCUT2D eigenvalue weighted by atomic mass is 9.61. The largest absolute Gasteiger partial charge is 0.381 e. The molecule has 7 aliphatic rings. The zero-order chi connectivity index (χ0) is 44.8. The molecule has 0 radical (unpaired) electrons. The van der Waals surface area contributed by atoms with E-state index >= 15 is 0 Å². The first kappa shape index (κ1) is 60.3. The molecule has 1 saturated heterocycles. The van der Waals surface area contributed by atoms with E-state index in [0.717, 1.165) is 60.1 Å². The molecule has 0 N–H and O–H groups in total. The Bertz CT molecular complexity index is 828. The average molecular weight is 794 g/mol. The van der Waals surface area contributed by atoms with E-state index < -0.39 is 0 Å². The van der Waals surface area contributed by atoms with Crippen molar-refractivity contribution >= 4 is 0 Å². The summed E-state index contributed by atoms with van der Waals surface area (Å²) in [4.78, 5) is 0. The van der Waals surface area contributed by atoms with Crippen molar-refractivity contribution < 1.29 is 4.74 Å². The molecule has 6 saturated carbocycles. The smallest absolute Gasteiger partial charge is 0.0500 e. The van der Waals surface area contributed by atoms with Crippen molar-refractivity contribution in [1.82, 2.24) is 0 Å². The maximum absolute atomic E-state index is 5.28. The minimum Gasteiger partial charge on any atom is -0.381 e. The monoisotopic (exact) mass is 793 g/mol. The first-order valence-electron chi connectivity index (χ1n) is 25.5. The fourth-order valence-corrected chi connectivity index (χ4v) is 8.89. The summed E-state index contributed by atoms with van der Waals surface area (Å²) < 4.78 is 5.28. The summed E-state index contributed by atoms with van der Waals surface area (Å²) in [5, 5.41) is 0. The van der Waals surface area contributed by atoms with Crippen LogP contribution in [0.5, 0.6) is 0 Å². The molecular formula is C55H116O. The lowest BCUT2D eigenvalue weighted by molar-refractivity contribution is 0.0596. The number of ether oxygens (including phenoxy) is 1. The zero-order valence-electron chi connectivity index (χ0n) is 44.5. The Morgan fingerprint density at radius 3 is 0.857 bits per heavy atom. The molecule has 1 nitrogen and oxygen atoms in total. The molecule has 342 valence electrons. The Kier molecular flexibility index (Phi) is 30.6. The summed E-state index contributed by atoms with van der Waals surface area (Å²) in [5.41, 5.74) is 3.71. The van der Waals surface area contributed by atoms with Crippen LogP contribution in [-0.4, -0.2) is 13.2 Å². The van der Waals surface area contributed by atoms with E-state index in [2.05, 4.69) is 104 Å². The Hall–Kier alpha value is -0.0400. The van der Waals surface area contributed by atoms with Crippen LogP contribution >= 0.6 is 0 Å². The van der Waals surface area contributed by atoms with E-state index in [0.29, 0.717) is 27.1 Å². The van der Waals surface area contributed by atoms with E-state index in [1.54, 1.807) is 19.3 Å². The van der Waals surface area contributed by atoms with Crippen LogP contribution in [0.25, 0.3) is 0 Å². The van der Waals surface area contributed by atoms with Gasteiger partial charge in [-0.1, -0.05) is 192 Å². The summed E-state index contributed by atoms with van der Waals surface area (Å²) in [6, 6.07) is 0. The second-order valence-electron chi connectivity index (χ2n) is 23.0. The van der Waals surface area contributed by atoms with Crippen LogP contribution in [0.4, 0.5) is 0 Å². The minimum atomic E-state index is 0.455. The van der Waals surface area contributed by atoms with Gasteiger partial charge < -0.3 is 4.74 Å². The molecule has 7 rings (SSSR count). The van der Waals surface area contributed by atoms with Gasteiger partial charge in [0.05, 0.1) is 0 Å². The Labute approximate surface area is 360 Å². The van der Waals surface area contributed by atoms with Gasteiger partial charge in [-0.3, -0.25) is 0 Å². The SMILES string of the molecule is CC.CC.CC.CC.CC.CC(C)(C)C1CC2(CC2)C1.CC(C)(C)C1CC2CC2C1.CC(C)(C)C1CCC1.CC(C)(C)C1CCCC1.CC(C)(C)C1CCOC1. The van der Waals surface area contributed by atoms with E-state index in [9.17, 15) is 0 Å². The van der Waals surface area contributed by atoms with E-state index in [1.165, 1.54) is 77.0 Å². The molecule has 1 heteroatoms. The van der Waals surface area contributed by atoms with Crippen LogP contribution in [0.15, 0.2) is 0 Å². The maximum atomic E-state index is 5.28. The second kappa shape index (κ2) is 28.5. The molecule has 6 aliphatic carbocycles. The Morgan fingerprint density at radius 1 is 0.357 bits per heavy atom. The van der Waals surface area contributed by atoms with E-state index in [-0.39, 0.29) is 0 Å². The molecular weight excluding hydrogens is 677 g/mol. The van der Waals surface area contributed by atoms with Crippen molar-refractivity contribution in [2.24, 2.45) is 73.9 Å². The lowest BCUT2D eigenvalue weighted by Gasteiger charge is -2.44. The maximum Gasteiger partial charge on any atom is 0.0500 e. The predicted octanol–water partition coefficient (Wildman–Crippen LogP) is 19.6. The van der Waals surface area contributed by atoms with Crippen LogP contribution in [-0.2, 0) is 4.74 Å². The van der Waals surface area contributed by atoms with Gasteiger partial charge in [0.1, 0.15) is 0 Å². The van der Waals surface area contributed by atoms with Crippen LogP contribution in [0.1, 0.15) is 269 Å². The quantitative estimate of drug-likeness (QED) is 0.237. The van der Waals surface area contributed by atoms with Gasteiger partial charge in [-0.05, 0) is 151 Å². The molecule has 0 bridgehead atoms. The van der Waals surface area contributed by atoms with E-state index in [4.69, 9.17) is 4.74 Å². The van der Waals surface area contributed by atoms with Crippen LogP contribution in [0.3, 0.4) is 0 Å². The van der Waals surface area contributed by atoms with Crippen molar-refractivity contribution in [2.45, 2.75) is 269 Å². The van der Waals surface area contributed by atoms with Crippen molar-refractivity contribution in [3.05, 3.63) is 0 Å². The third kappa shape index (κ3) is 24.3. The van der Waals surface area contributed by atoms with Crippen molar-refractivity contribution in [1.29, 1.82) is 0 Å². The van der Waals surface area contributed by atoms with Crippen molar-refractivity contribution in [3.63, 3.8) is 0 Å². The van der Waals surface area contributed by atoms with Crippen LogP contribution in [0.2, 0.25) is 0 Å². The van der Waals surface area contributed by atoms with Gasteiger partial charge in [0.15, 0.2) is 0 Å². The van der Waals surface area contributed by atoms with Crippen molar-refractivity contribution in [3.8, 4) is 0 Å². The molecule has 56 heavy (non-hydrogen) atoms. The molecule has 1 spiro atoms. The second-order valence-corrected chi connectivity index (χ2v) is 23.0. The molecule has 0 amide bonds. The molecule has 1 aliphatic heterocycles. The lowest BCUT2D eigenvalue weighted by Crippen LogP contribution is -2.34. The summed E-state index contributed by atoms with van der Waals surface area (Å²) in [6.45, 7) is 57.2. The summed E-state index contributed by atoms with van der Waals surface area (Å²) in [5.74, 6) is 7.22. The zero-order valence-corrected chi connectivity index (χ0v) is 44.5. The summed E-state index contributed by atoms with van der Waals surface area (Å²) in [7, 11) is 0. The molecule has 0 aromatic rings. The fraction of sp³-hybridized carbons (Fsp3) is 1.00. The van der Waals surface area contributed by atoms with Gasteiger partial charge in [-0.15, -0.1) is 0 Å². The van der Waals surface area contributed by atoms with E-state index in [1.807, 2.05) is 69.2 Å². The van der Waals surface area contributed by atoms with Gasteiger partial charge in [0.25, 0.3) is 0 Å². The highest BCUT2D eigenvalue weighted by Crippen LogP contribution is 2.66. The van der Waals surface area contributed by atoms with Crippen LogP contribution in [0, 0.1) is 73.9 Å². The average Bonchev–Trinajstić information content (AvgIpc) is 3.73. The van der Waals surface area contributed by atoms with Gasteiger partial charge in [0, 0.05) is 13.2 Å². The highest BCUT2D eigenvalue weighted by atomic mass is 16.5. The highest BCUT2D eigenvalue weighted by molar-refractivity contribution is 5.06. The summed E-state index contributed by atoms with van der Waals surface area (Å²) in [6.07, 6.45) is 22.4. The molecule has 1 heterocycles. The fourth-order valence-electron chi connectivity index (χ4n) is 8.89. The Morgan fingerprint density at radius 2 is 0.679 bits per heavy atom. The molecule has 0 aromatic carbocycles. The number of fused-ring (bicyclic) bond motifs is 1. The number of hydrogen-bond acceptors (Lipinski definition) is 1. The molecule has 3 unspecified atom stereocenters. The van der Waals surface area contributed by atoms with Gasteiger partial charge in [-0.25, -0.2) is 0 Å². The molecule has 3 atom stereocenters. The van der Waals surface area contributed by atoms with Crippen LogP contribution < -0.4 is 0 Å². The number of hydrogen-bond donors (Lipinski definition) is 0. The first-order chi connectivity index (χ1) is 25.9. The highest BCUT2D eigenvalue weighted by Gasteiger charge is 2.55.